The van der Waals surface area contributed by atoms with Crippen molar-refractivity contribution in [2.45, 2.75) is 4.29 Å². The lowest BCUT2D eigenvalue weighted by Gasteiger charge is -1.99. The monoisotopic (exact) mass is 242 g/mol. The van der Waals surface area contributed by atoms with Gasteiger partial charge in [-0.1, -0.05) is 15.9 Å². The van der Waals surface area contributed by atoms with E-state index in [2.05, 4.69) is 15.9 Å². The minimum Gasteiger partial charge on any atom is -0.478 e. The maximum atomic E-state index is 10.2. The Hall–Kier alpha value is -0.550. The van der Waals surface area contributed by atoms with Crippen LogP contribution in [0.1, 0.15) is 0 Å². The van der Waals surface area contributed by atoms with Crippen LogP contribution in [-0.2, 0) is 9.59 Å². The SMILES string of the molecule is O=C(O)/C=C(/C(=O)O)C(Cl)Br. The molecule has 0 aliphatic heterocycles. The first-order chi connectivity index (χ1) is 4.95. The van der Waals surface area contributed by atoms with Crippen molar-refractivity contribution in [1.82, 2.24) is 0 Å². The van der Waals surface area contributed by atoms with Crippen LogP contribution in [0.3, 0.4) is 0 Å². The van der Waals surface area contributed by atoms with Crippen LogP contribution in [0.2, 0.25) is 0 Å². The molecule has 0 aliphatic carbocycles. The lowest BCUT2D eigenvalue weighted by atomic mass is 10.3. The second kappa shape index (κ2) is 4.35. The Bertz CT molecular complexity index is 211. The summed E-state index contributed by atoms with van der Waals surface area (Å²) in [6.45, 7) is 0. The van der Waals surface area contributed by atoms with Crippen molar-refractivity contribution in [1.29, 1.82) is 0 Å². The zero-order chi connectivity index (χ0) is 9.02. The van der Waals surface area contributed by atoms with E-state index < -0.39 is 21.8 Å². The van der Waals surface area contributed by atoms with E-state index >= 15 is 0 Å². The lowest BCUT2D eigenvalue weighted by molar-refractivity contribution is -0.135. The van der Waals surface area contributed by atoms with E-state index in [1.165, 1.54) is 0 Å². The summed E-state index contributed by atoms with van der Waals surface area (Å²) in [5.41, 5.74) is -0.404. The van der Waals surface area contributed by atoms with Gasteiger partial charge in [-0.15, -0.1) is 11.6 Å². The van der Waals surface area contributed by atoms with Crippen molar-refractivity contribution in [2.24, 2.45) is 0 Å². The quantitative estimate of drug-likeness (QED) is 0.574. The van der Waals surface area contributed by atoms with Gasteiger partial charge >= 0.3 is 11.9 Å². The molecule has 1 unspecified atom stereocenters. The average Bonchev–Trinajstić information content (AvgIpc) is 1.81. The van der Waals surface area contributed by atoms with E-state index in [-0.39, 0.29) is 0 Å². The average molecular weight is 243 g/mol. The molecule has 6 heteroatoms. The fourth-order valence-electron chi connectivity index (χ4n) is 0.351. The Morgan fingerprint density at radius 1 is 1.45 bits per heavy atom. The summed E-state index contributed by atoms with van der Waals surface area (Å²) >= 11 is 8.01. The first-order valence-electron chi connectivity index (χ1n) is 2.41. The van der Waals surface area contributed by atoms with Gasteiger partial charge in [-0.05, 0) is 0 Å². The predicted octanol–water partition coefficient (Wildman–Crippen LogP) is 1.04. The molecule has 0 spiro atoms. The number of hydrogen-bond acceptors (Lipinski definition) is 2. The number of aliphatic carboxylic acids is 2. The van der Waals surface area contributed by atoms with E-state index in [0.717, 1.165) is 0 Å². The zero-order valence-corrected chi connectivity index (χ0v) is 7.46. The summed E-state index contributed by atoms with van der Waals surface area (Å²) in [6, 6.07) is 0. The molecule has 0 aromatic heterocycles. The second-order valence-electron chi connectivity index (χ2n) is 1.54. The van der Waals surface area contributed by atoms with Crippen LogP contribution in [0.5, 0.6) is 0 Å². The highest BCUT2D eigenvalue weighted by molar-refractivity contribution is 9.10. The zero-order valence-electron chi connectivity index (χ0n) is 5.12. The number of alkyl halides is 2. The molecule has 0 aromatic carbocycles. The van der Waals surface area contributed by atoms with Gasteiger partial charge in [0, 0.05) is 6.08 Å². The summed E-state index contributed by atoms with van der Waals surface area (Å²) in [6.07, 6.45) is 0.536. The molecule has 0 saturated carbocycles. The molecule has 0 fully saturated rings. The predicted molar refractivity (Wildman–Crippen MR) is 41.9 cm³/mol. The fraction of sp³-hybridized carbons (Fsp3) is 0.200. The molecule has 0 heterocycles. The maximum Gasteiger partial charge on any atom is 0.334 e. The van der Waals surface area contributed by atoms with Crippen LogP contribution in [0.4, 0.5) is 0 Å². The smallest absolute Gasteiger partial charge is 0.334 e. The molecule has 1 atom stereocenters. The van der Waals surface area contributed by atoms with Crippen LogP contribution >= 0.6 is 27.5 Å². The van der Waals surface area contributed by atoms with Crippen LogP contribution < -0.4 is 0 Å². The minimum absolute atomic E-state index is 0.404. The van der Waals surface area contributed by atoms with Crippen molar-refractivity contribution in [3.8, 4) is 0 Å². The van der Waals surface area contributed by atoms with Crippen molar-refractivity contribution in [2.75, 3.05) is 0 Å². The van der Waals surface area contributed by atoms with Crippen LogP contribution in [-0.4, -0.2) is 26.4 Å². The molecular weight excluding hydrogens is 239 g/mol. The highest BCUT2D eigenvalue weighted by Gasteiger charge is 2.16. The third-order valence-electron chi connectivity index (χ3n) is 0.761. The van der Waals surface area contributed by atoms with E-state index in [0.29, 0.717) is 6.08 Å². The third-order valence-corrected chi connectivity index (χ3v) is 1.49. The van der Waals surface area contributed by atoms with Gasteiger partial charge in [-0.3, -0.25) is 0 Å². The van der Waals surface area contributed by atoms with E-state index in [9.17, 15) is 9.59 Å². The molecule has 0 rings (SSSR count). The normalized spacial score (nSPS) is 14.2. The number of halogens is 2. The Kier molecular flexibility index (Phi) is 4.14. The summed E-state index contributed by atoms with van der Waals surface area (Å²) in [5.74, 6) is -2.70. The summed E-state index contributed by atoms with van der Waals surface area (Å²) in [7, 11) is 0. The topological polar surface area (TPSA) is 74.6 Å². The van der Waals surface area contributed by atoms with Crippen LogP contribution in [0.25, 0.3) is 0 Å². The number of carboxylic acid groups (broad SMARTS) is 2. The fourth-order valence-corrected chi connectivity index (χ4v) is 0.835. The number of hydrogen-bond donors (Lipinski definition) is 2. The molecule has 0 aliphatic rings. The summed E-state index contributed by atoms with van der Waals surface area (Å²) in [5, 5.41) is 16.5. The summed E-state index contributed by atoms with van der Waals surface area (Å²) in [4.78, 5) is 20.2. The van der Waals surface area contributed by atoms with Crippen LogP contribution in [0, 0.1) is 0 Å². The van der Waals surface area contributed by atoms with E-state index in [1.807, 2.05) is 0 Å². The largest absolute Gasteiger partial charge is 0.478 e. The van der Waals surface area contributed by atoms with Crippen molar-refractivity contribution in [3.05, 3.63) is 11.6 Å². The number of carbonyl (C=O) groups is 2. The first kappa shape index (κ1) is 10.4. The molecule has 0 bridgehead atoms. The molecular formula is C5H4BrClO4. The Morgan fingerprint density at radius 2 is 1.91 bits per heavy atom. The van der Waals surface area contributed by atoms with Gasteiger partial charge in [0.1, 0.15) is 4.29 Å². The van der Waals surface area contributed by atoms with Crippen molar-refractivity contribution < 1.29 is 19.8 Å². The summed E-state index contributed by atoms with van der Waals surface area (Å²) < 4.78 is -0.990. The Labute approximate surface area is 75.6 Å². The van der Waals surface area contributed by atoms with E-state index in [4.69, 9.17) is 21.8 Å². The van der Waals surface area contributed by atoms with Gasteiger partial charge in [0.15, 0.2) is 0 Å². The third kappa shape index (κ3) is 4.00. The molecule has 0 radical (unpaired) electrons. The number of carboxylic acids is 2. The highest BCUT2D eigenvalue weighted by atomic mass is 79.9. The molecule has 0 saturated heterocycles. The van der Waals surface area contributed by atoms with Crippen molar-refractivity contribution in [3.63, 3.8) is 0 Å². The minimum atomic E-state index is -1.36. The Balaban J connectivity index is 4.60. The maximum absolute atomic E-state index is 10.2. The van der Waals surface area contributed by atoms with Crippen molar-refractivity contribution >= 4 is 39.5 Å². The highest BCUT2D eigenvalue weighted by Crippen LogP contribution is 2.16. The number of rotatable bonds is 3. The molecule has 62 valence electrons. The standard InChI is InChI=1S/C5H4BrClO4/c6-4(7)2(5(10)11)1-3(8)9/h1,4H,(H,8,9)(H,10,11)/b2-1+. The van der Waals surface area contributed by atoms with Gasteiger partial charge in [0.05, 0.1) is 5.57 Å². The molecule has 0 aromatic rings. The van der Waals surface area contributed by atoms with Gasteiger partial charge in [-0.2, -0.15) is 0 Å². The second-order valence-corrected chi connectivity index (χ2v) is 3.42. The van der Waals surface area contributed by atoms with Crippen LogP contribution in [0.15, 0.2) is 11.6 Å². The lowest BCUT2D eigenvalue weighted by Crippen LogP contribution is -2.09. The molecule has 11 heavy (non-hydrogen) atoms. The molecule has 2 N–H and O–H groups in total. The van der Waals surface area contributed by atoms with Gasteiger partial charge in [0.25, 0.3) is 0 Å². The Morgan fingerprint density at radius 3 is 2.00 bits per heavy atom. The molecule has 0 amide bonds. The van der Waals surface area contributed by atoms with Gasteiger partial charge < -0.3 is 10.2 Å². The van der Waals surface area contributed by atoms with E-state index in [1.54, 1.807) is 0 Å². The van der Waals surface area contributed by atoms with Gasteiger partial charge in [0.2, 0.25) is 0 Å². The van der Waals surface area contributed by atoms with Gasteiger partial charge in [-0.25, -0.2) is 9.59 Å². The first-order valence-corrected chi connectivity index (χ1v) is 3.76. The molecule has 4 nitrogen and oxygen atoms in total.